The summed E-state index contributed by atoms with van der Waals surface area (Å²) in [5.41, 5.74) is 6.26. The monoisotopic (exact) mass is 196 g/mol. The number of hydrogen-bond donors (Lipinski definition) is 1. The van der Waals surface area contributed by atoms with E-state index in [1.54, 1.807) is 0 Å². The molecule has 14 heavy (non-hydrogen) atoms. The third kappa shape index (κ3) is 1.78. The number of nitrogens with zero attached hydrogens (tertiary/aromatic N) is 1. The first-order chi connectivity index (χ1) is 6.50. The van der Waals surface area contributed by atoms with Crippen LogP contribution in [0.1, 0.15) is 33.1 Å². The van der Waals surface area contributed by atoms with Gasteiger partial charge in [-0.1, -0.05) is 13.8 Å². The van der Waals surface area contributed by atoms with Gasteiger partial charge in [0.05, 0.1) is 0 Å². The van der Waals surface area contributed by atoms with Crippen molar-refractivity contribution in [2.75, 3.05) is 13.1 Å². The van der Waals surface area contributed by atoms with Crippen molar-refractivity contribution < 1.29 is 4.79 Å². The van der Waals surface area contributed by atoms with E-state index < -0.39 is 0 Å². The smallest absolute Gasteiger partial charge is 0.225 e. The summed E-state index contributed by atoms with van der Waals surface area (Å²) in [4.78, 5) is 13.8. The van der Waals surface area contributed by atoms with Crippen molar-refractivity contribution in [1.29, 1.82) is 0 Å². The van der Waals surface area contributed by atoms with Crippen LogP contribution in [0.5, 0.6) is 0 Å². The van der Waals surface area contributed by atoms with Gasteiger partial charge in [0.2, 0.25) is 5.91 Å². The number of carbonyl (C=O) groups is 1. The lowest BCUT2D eigenvalue weighted by Gasteiger charge is -2.42. The Morgan fingerprint density at radius 3 is 2.57 bits per heavy atom. The Hall–Kier alpha value is -0.570. The predicted octanol–water partition coefficient (Wildman–Crippen LogP) is 0.982. The average Bonchev–Trinajstić information content (AvgIpc) is 2.91. The molecule has 1 heterocycles. The molecule has 2 rings (SSSR count). The van der Waals surface area contributed by atoms with E-state index in [2.05, 4.69) is 13.8 Å². The van der Waals surface area contributed by atoms with Crippen LogP contribution in [0.4, 0.5) is 0 Å². The molecule has 1 amide bonds. The molecule has 2 aliphatic rings. The van der Waals surface area contributed by atoms with Crippen molar-refractivity contribution in [1.82, 2.24) is 4.90 Å². The molecule has 0 radical (unpaired) electrons. The fraction of sp³-hybridized carbons (Fsp3) is 0.909. The van der Waals surface area contributed by atoms with Gasteiger partial charge >= 0.3 is 0 Å². The maximum Gasteiger partial charge on any atom is 0.225 e. The van der Waals surface area contributed by atoms with Gasteiger partial charge in [0.25, 0.3) is 0 Å². The quantitative estimate of drug-likeness (QED) is 0.679. The zero-order chi connectivity index (χ0) is 10.3. The summed E-state index contributed by atoms with van der Waals surface area (Å²) in [6, 6.07) is 0.138. The molecule has 0 aromatic carbocycles. The number of piperidine rings is 1. The van der Waals surface area contributed by atoms with Crippen LogP contribution in [-0.4, -0.2) is 29.9 Å². The summed E-state index contributed by atoms with van der Waals surface area (Å²) < 4.78 is 0. The first kappa shape index (κ1) is 9.97. The van der Waals surface area contributed by atoms with E-state index in [0.29, 0.717) is 11.8 Å². The maximum atomic E-state index is 11.8. The molecule has 1 atom stereocenters. The van der Waals surface area contributed by atoms with Crippen molar-refractivity contribution in [3.05, 3.63) is 0 Å². The number of likely N-dealkylation sites (tertiary alicyclic amines) is 1. The van der Waals surface area contributed by atoms with E-state index in [0.717, 1.165) is 32.4 Å². The molecule has 0 bridgehead atoms. The topological polar surface area (TPSA) is 46.3 Å². The van der Waals surface area contributed by atoms with Gasteiger partial charge in [-0.3, -0.25) is 4.79 Å². The van der Waals surface area contributed by atoms with Gasteiger partial charge in [0.1, 0.15) is 0 Å². The molecule has 1 saturated heterocycles. The summed E-state index contributed by atoms with van der Waals surface area (Å²) in [6.45, 7) is 6.03. The van der Waals surface area contributed by atoms with Crippen LogP contribution in [0.3, 0.4) is 0 Å². The normalized spacial score (nSPS) is 31.6. The molecule has 0 aromatic heterocycles. The Bertz CT molecular complexity index is 246. The third-order valence-electron chi connectivity index (χ3n) is 3.69. The van der Waals surface area contributed by atoms with Gasteiger partial charge in [0.15, 0.2) is 0 Å². The highest BCUT2D eigenvalue weighted by Gasteiger charge is 2.39. The molecule has 2 N–H and O–H groups in total. The van der Waals surface area contributed by atoms with E-state index in [1.165, 1.54) is 0 Å². The first-order valence-electron chi connectivity index (χ1n) is 5.55. The van der Waals surface area contributed by atoms with Crippen LogP contribution in [0.2, 0.25) is 0 Å². The molecule has 1 aliphatic heterocycles. The van der Waals surface area contributed by atoms with Gasteiger partial charge in [-0.05, 0) is 24.7 Å². The molecule has 80 valence electrons. The molecular weight excluding hydrogens is 176 g/mol. The van der Waals surface area contributed by atoms with Crippen LogP contribution in [0.15, 0.2) is 0 Å². The average molecular weight is 196 g/mol. The molecule has 1 unspecified atom stereocenters. The summed E-state index contributed by atoms with van der Waals surface area (Å²) in [6.07, 6.45) is 3.22. The van der Waals surface area contributed by atoms with Crippen molar-refractivity contribution in [3.63, 3.8) is 0 Å². The number of hydrogen-bond acceptors (Lipinski definition) is 2. The first-order valence-corrected chi connectivity index (χ1v) is 5.55. The lowest BCUT2D eigenvalue weighted by Crippen LogP contribution is -2.54. The molecular formula is C11H20N2O. The molecule has 1 aliphatic carbocycles. The van der Waals surface area contributed by atoms with Crippen LogP contribution >= 0.6 is 0 Å². The fourth-order valence-electron chi connectivity index (χ4n) is 1.97. The standard InChI is InChI=1S/C11H20N2O/c1-11(2)5-6-13(7-9(11)12)10(14)8-3-4-8/h8-9H,3-7,12H2,1-2H3. The summed E-state index contributed by atoms with van der Waals surface area (Å²) in [7, 11) is 0. The van der Waals surface area contributed by atoms with Gasteiger partial charge in [-0.2, -0.15) is 0 Å². The zero-order valence-electron chi connectivity index (χ0n) is 9.12. The Labute approximate surface area is 85.6 Å². The lowest BCUT2D eigenvalue weighted by atomic mass is 9.78. The van der Waals surface area contributed by atoms with Crippen LogP contribution in [-0.2, 0) is 4.79 Å². The Balaban J connectivity index is 1.95. The van der Waals surface area contributed by atoms with Crippen molar-refractivity contribution >= 4 is 5.91 Å². The van der Waals surface area contributed by atoms with E-state index in [1.807, 2.05) is 4.90 Å². The SMILES string of the molecule is CC1(C)CCN(C(=O)C2CC2)CC1N. The molecule has 1 saturated carbocycles. The fourth-order valence-corrected chi connectivity index (χ4v) is 1.97. The Morgan fingerprint density at radius 2 is 2.07 bits per heavy atom. The minimum absolute atomic E-state index is 0.138. The summed E-state index contributed by atoms with van der Waals surface area (Å²) >= 11 is 0. The van der Waals surface area contributed by atoms with Crippen molar-refractivity contribution in [2.24, 2.45) is 17.1 Å². The Morgan fingerprint density at radius 1 is 1.43 bits per heavy atom. The summed E-state index contributed by atoms with van der Waals surface area (Å²) in [5.74, 6) is 0.680. The van der Waals surface area contributed by atoms with E-state index in [9.17, 15) is 4.79 Å². The lowest BCUT2D eigenvalue weighted by molar-refractivity contribution is -0.135. The van der Waals surface area contributed by atoms with Crippen molar-refractivity contribution in [3.8, 4) is 0 Å². The molecule has 3 nitrogen and oxygen atoms in total. The van der Waals surface area contributed by atoms with Crippen LogP contribution in [0.25, 0.3) is 0 Å². The predicted molar refractivity (Wildman–Crippen MR) is 55.7 cm³/mol. The largest absolute Gasteiger partial charge is 0.341 e. The van der Waals surface area contributed by atoms with Gasteiger partial charge in [-0.25, -0.2) is 0 Å². The highest BCUT2D eigenvalue weighted by molar-refractivity contribution is 5.81. The number of carbonyl (C=O) groups excluding carboxylic acids is 1. The van der Waals surface area contributed by atoms with Crippen molar-refractivity contribution in [2.45, 2.75) is 39.2 Å². The minimum Gasteiger partial charge on any atom is -0.341 e. The highest BCUT2D eigenvalue weighted by atomic mass is 16.2. The second kappa shape index (κ2) is 3.23. The number of nitrogens with two attached hydrogens (primary N) is 1. The molecule has 0 aromatic rings. The number of amides is 1. The van der Waals surface area contributed by atoms with Gasteiger partial charge in [0, 0.05) is 25.0 Å². The van der Waals surface area contributed by atoms with E-state index in [4.69, 9.17) is 5.73 Å². The van der Waals surface area contributed by atoms with E-state index >= 15 is 0 Å². The molecule has 2 fully saturated rings. The second-order valence-corrected chi connectivity index (χ2v) is 5.40. The minimum atomic E-state index is 0.138. The van der Waals surface area contributed by atoms with Crippen LogP contribution < -0.4 is 5.73 Å². The second-order valence-electron chi connectivity index (χ2n) is 5.40. The number of rotatable bonds is 1. The highest BCUT2D eigenvalue weighted by Crippen LogP contribution is 2.34. The Kier molecular flexibility index (Phi) is 2.30. The maximum absolute atomic E-state index is 11.8. The van der Waals surface area contributed by atoms with Gasteiger partial charge < -0.3 is 10.6 Å². The summed E-state index contributed by atoms with van der Waals surface area (Å²) in [5, 5.41) is 0. The molecule has 0 spiro atoms. The van der Waals surface area contributed by atoms with Crippen LogP contribution in [0, 0.1) is 11.3 Å². The third-order valence-corrected chi connectivity index (χ3v) is 3.69. The van der Waals surface area contributed by atoms with Gasteiger partial charge in [-0.15, -0.1) is 0 Å². The molecule has 3 heteroatoms. The zero-order valence-corrected chi connectivity index (χ0v) is 9.12. The van der Waals surface area contributed by atoms with E-state index in [-0.39, 0.29) is 11.5 Å².